The van der Waals surface area contributed by atoms with Crippen LogP contribution in [0, 0.1) is 5.92 Å². The van der Waals surface area contributed by atoms with Crippen molar-refractivity contribution >= 4 is 17.8 Å². The van der Waals surface area contributed by atoms with E-state index in [2.05, 4.69) is 10.1 Å². The van der Waals surface area contributed by atoms with Crippen molar-refractivity contribution in [2.24, 2.45) is 5.92 Å². The van der Waals surface area contributed by atoms with Crippen LogP contribution in [-0.4, -0.2) is 43.2 Å². The summed E-state index contributed by atoms with van der Waals surface area (Å²) in [5, 5.41) is 4.07. The van der Waals surface area contributed by atoms with Crippen molar-refractivity contribution in [3.05, 3.63) is 35.9 Å². The van der Waals surface area contributed by atoms with Crippen LogP contribution in [0.3, 0.4) is 0 Å². The number of ether oxygens (including phenoxy) is 1. The number of esters is 1. The molecule has 1 aromatic carbocycles. The topological polar surface area (TPSA) is 84.5 Å². The average molecular weight is 388 g/mol. The normalized spacial score (nSPS) is 13.6. The largest absolute Gasteiger partial charge is 0.471 e. The monoisotopic (exact) mass is 388 g/mol. The number of alkyl halides is 3. The van der Waals surface area contributed by atoms with Crippen LogP contribution in [0.5, 0.6) is 0 Å². The number of nitrogens with one attached hydrogen (secondary N) is 2. The molecule has 0 fully saturated rings. The summed E-state index contributed by atoms with van der Waals surface area (Å²) in [6, 6.07) is 6.22. The Morgan fingerprint density at radius 2 is 1.63 bits per heavy atom. The first kappa shape index (κ1) is 22.5. The van der Waals surface area contributed by atoms with Crippen LogP contribution in [0.25, 0.3) is 0 Å². The lowest BCUT2D eigenvalue weighted by Crippen LogP contribution is -2.54. The number of carbonyl (C=O) groups excluding carboxylic acids is 3. The molecule has 0 unspecified atom stereocenters. The van der Waals surface area contributed by atoms with E-state index < -0.39 is 36.0 Å². The zero-order valence-electron chi connectivity index (χ0n) is 15.3. The Balaban J connectivity index is 2.92. The molecule has 0 radical (unpaired) electrons. The number of hydrogen-bond acceptors (Lipinski definition) is 4. The minimum Gasteiger partial charge on any atom is -0.467 e. The molecule has 0 saturated carbocycles. The van der Waals surface area contributed by atoms with Gasteiger partial charge in [0.25, 0.3) is 0 Å². The lowest BCUT2D eigenvalue weighted by atomic mass is 10.0. The van der Waals surface area contributed by atoms with Crippen LogP contribution in [-0.2, 0) is 25.5 Å². The fraction of sp³-hybridized carbons (Fsp3) is 0.500. The van der Waals surface area contributed by atoms with Crippen LogP contribution < -0.4 is 10.6 Å². The highest BCUT2D eigenvalue weighted by Gasteiger charge is 2.41. The van der Waals surface area contributed by atoms with Gasteiger partial charge < -0.3 is 15.4 Å². The summed E-state index contributed by atoms with van der Waals surface area (Å²) >= 11 is 0. The Bertz CT molecular complexity index is 648. The molecule has 9 heteroatoms. The van der Waals surface area contributed by atoms with Gasteiger partial charge in [-0.3, -0.25) is 9.59 Å². The number of halogens is 3. The first-order valence-corrected chi connectivity index (χ1v) is 8.34. The Morgan fingerprint density at radius 1 is 1.04 bits per heavy atom. The third kappa shape index (κ3) is 7.67. The molecule has 1 rings (SSSR count). The van der Waals surface area contributed by atoms with E-state index >= 15 is 0 Å². The minimum atomic E-state index is -5.11. The third-order valence-corrected chi connectivity index (χ3v) is 3.67. The van der Waals surface area contributed by atoms with E-state index in [-0.39, 0.29) is 18.8 Å². The maximum absolute atomic E-state index is 12.5. The standard InChI is InChI=1S/C18H23F3N2O4/c1-11(2)9-13(23-17(26)18(19,20)21)15(24)22-14(16(25)27-3)10-12-7-5-4-6-8-12/h4-8,11,13-14H,9-10H2,1-3H3,(H,22,24)(H,23,26)/t13-,14-/m0/s1. The molecule has 0 heterocycles. The number of rotatable bonds is 8. The van der Waals surface area contributed by atoms with E-state index in [1.165, 1.54) is 0 Å². The first-order valence-electron chi connectivity index (χ1n) is 8.34. The lowest BCUT2D eigenvalue weighted by Gasteiger charge is -2.24. The molecule has 0 spiro atoms. The van der Waals surface area contributed by atoms with E-state index in [4.69, 9.17) is 0 Å². The van der Waals surface area contributed by atoms with Crippen LogP contribution in [0.1, 0.15) is 25.8 Å². The molecule has 2 atom stereocenters. The summed E-state index contributed by atoms with van der Waals surface area (Å²) in [5.74, 6) is -3.99. The van der Waals surface area contributed by atoms with Gasteiger partial charge in [0, 0.05) is 6.42 Å². The molecule has 2 N–H and O–H groups in total. The summed E-state index contributed by atoms with van der Waals surface area (Å²) < 4.78 is 42.2. The SMILES string of the molecule is COC(=O)[C@H](Cc1ccccc1)NC(=O)[C@H](CC(C)C)NC(=O)C(F)(F)F. The fourth-order valence-corrected chi connectivity index (χ4v) is 2.40. The molecular weight excluding hydrogens is 365 g/mol. The van der Waals surface area contributed by atoms with Crippen molar-refractivity contribution < 1.29 is 32.3 Å². The average Bonchev–Trinajstić information content (AvgIpc) is 2.59. The van der Waals surface area contributed by atoms with E-state index in [9.17, 15) is 27.6 Å². The Labute approximate surface area is 155 Å². The van der Waals surface area contributed by atoms with E-state index in [1.54, 1.807) is 49.5 Å². The second kappa shape index (κ2) is 9.94. The second-order valence-corrected chi connectivity index (χ2v) is 6.43. The van der Waals surface area contributed by atoms with Crippen LogP contribution in [0.4, 0.5) is 13.2 Å². The Hall–Kier alpha value is -2.58. The number of hydrogen-bond donors (Lipinski definition) is 2. The number of benzene rings is 1. The smallest absolute Gasteiger partial charge is 0.467 e. The molecule has 1 aromatic rings. The van der Waals surface area contributed by atoms with Gasteiger partial charge >= 0.3 is 18.1 Å². The summed E-state index contributed by atoms with van der Waals surface area (Å²) in [4.78, 5) is 35.7. The van der Waals surface area contributed by atoms with Crippen LogP contribution in [0.15, 0.2) is 30.3 Å². The molecule has 0 aliphatic heterocycles. The van der Waals surface area contributed by atoms with E-state index in [0.29, 0.717) is 0 Å². The predicted molar refractivity (Wildman–Crippen MR) is 91.5 cm³/mol. The number of carbonyl (C=O) groups is 3. The van der Waals surface area contributed by atoms with Gasteiger partial charge in [0.1, 0.15) is 12.1 Å². The van der Waals surface area contributed by atoms with Gasteiger partial charge in [0.2, 0.25) is 5.91 Å². The summed E-state index contributed by atoms with van der Waals surface area (Å²) in [6.45, 7) is 3.39. The molecule has 0 bridgehead atoms. The lowest BCUT2D eigenvalue weighted by molar-refractivity contribution is -0.175. The fourth-order valence-electron chi connectivity index (χ4n) is 2.40. The first-order chi connectivity index (χ1) is 12.5. The highest BCUT2D eigenvalue weighted by molar-refractivity contribution is 5.92. The number of amides is 2. The van der Waals surface area contributed by atoms with E-state index in [1.807, 2.05) is 0 Å². The Kier molecular flexibility index (Phi) is 8.27. The predicted octanol–water partition coefficient (Wildman–Crippen LogP) is 1.98. The Morgan fingerprint density at radius 3 is 2.11 bits per heavy atom. The molecule has 6 nitrogen and oxygen atoms in total. The molecule has 150 valence electrons. The maximum atomic E-state index is 12.5. The molecule has 0 saturated heterocycles. The van der Waals surface area contributed by atoms with Gasteiger partial charge in [0.15, 0.2) is 0 Å². The molecule has 27 heavy (non-hydrogen) atoms. The van der Waals surface area contributed by atoms with Crippen molar-refractivity contribution in [1.82, 2.24) is 10.6 Å². The third-order valence-electron chi connectivity index (χ3n) is 3.67. The highest BCUT2D eigenvalue weighted by atomic mass is 19.4. The molecule has 0 aromatic heterocycles. The van der Waals surface area contributed by atoms with Crippen molar-refractivity contribution in [1.29, 1.82) is 0 Å². The maximum Gasteiger partial charge on any atom is 0.471 e. The van der Waals surface area contributed by atoms with E-state index in [0.717, 1.165) is 12.7 Å². The van der Waals surface area contributed by atoms with Crippen molar-refractivity contribution in [2.75, 3.05) is 7.11 Å². The molecule has 0 aliphatic rings. The zero-order valence-corrected chi connectivity index (χ0v) is 15.3. The quantitative estimate of drug-likeness (QED) is 0.667. The number of methoxy groups -OCH3 is 1. The molecule has 0 aliphatic carbocycles. The molecule has 2 amide bonds. The minimum absolute atomic E-state index is 0.0209. The van der Waals surface area contributed by atoms with Gasteiger partial charge in [-0.1, -0.05) is 44.2 Å². The van der Waals surface area contributed by atoms with Crippen molar-refractivity contribution in [3.63, 3.8) is 0 Å². The second-order valence-electron chi connectivity index (χ2n) is 6.43. The summed E-state index contributed by atoms with van der Waals surface area (Å²) in [7, 11) is 1.14. The zero-order chi connectivity index (χ0) is 20.6. The van der Waals surface area contributed by atoms with Crippen LogP contribution in [0.2, 0.25) is 0 Å². The van der Waals surface area contributed by atoms with Crippen molar-refractivity contribution in [2.45, 2.75) is 44.9 Å². The van der Waals surface area contributed by atoms with Crippen molar-refractivity contribution in [3.8, 4) is 0 Å². The van der Waals surface area contributed by atoms with Gasteiger partial charge in [-0.05, 0) is 17.9 Å². The molecular formula is C18H23F3N2O4. The van der Waals surface area contributed by atoms with Gasteiger partial charge in [-0.2, -0.15) is 13.2 Å². The summed E-state index contributed by atoms with van der Waals surface area (Å²) in [5.41, 5.74) is 0.730. The highest BCUT2D eigenvalue weighted by Crippen LogP contribution is 2.16. The van der Waals surface area contributed by atoms with Gasteiger partial charge in [-0.15, -0.1) is 0 Å². The summed E-state index contributed by atoms with van der Waals surface area (Å²) in [6.07, 6.45) is -5.03. The van der Waals surface area contributed by atoms with Crippen LogP contribution >= 0.6 is 0 Å². The van der Waals surface area contributed by atoms with Gasteiger partial charge in [0.05, 0.1) is 7.11 Å². The van der Waals surface area contributed by atoms with Gasteiger partial charge in [-0.25, -0.2) is 4.79 Å².